The minimum atomic E-state index is -0.857. The summed E-state index contributed by atoms with van der Waals surface area (Å²) in [4.78, 5) is 33.6. The van der Waals surface area contributed by atoms with Crippen molar-refractivity contribution in [2.75, 3.05) is 13.2 Å². The molecule has 0 heterocycles. The molecular formula is C13H22O5. The molecule has 0 saturated heterocycles. The van der Waals surface area contributed by atoms with Crippen LogP contribution in [0.1, 0.15) is 52.4 Å². The van der Waals surface area contributed by atoms with Gasteiger partial charge in [-0.05, 0) is 12.8 Å². The first-order chi connectivity index (χ1) is 8.61. The van der Waals surface area contributed by atoms with E-state index >= 15 is 0 Å². The van der Waals surface area contributed by atoms with Gasteiger partial charge < -0.3 is 9.47 Å². The van der Waals surface area contributed by atoms with Crippen molar-refractivity contribution in [3.05, 3.63) is 0 Å². The summed E-state index contributed by atoms with van der Waals surface area (Å²) in [5, 5.41) is 0. The number of rotatable bonds is 10. The Kier molecular flexibility index (Phi) is 9.91. The number of Topliss-reactive ketones (excluding diaryl/α,β-unsaturated/α-hetero) is 1. The van der Waals surface area contributed by atoms with Crippen molar-refractivity contribution in [3.63, 3.8) is 0 Å². The molecule has 0 aromatic rings. The van der Waals surface area contributed by atoms with E-state index in [2.05, 4.69) is 0 Å². The van der Waals surface area contributed by atoms with Gasteiger partial charge in [0.15, 0.2) is 0 Å². The van der Waals surface area contributed by atoms with Crippen molar-refractivity contribution in [2.24, 2.45) is 0 Å². The lowest BCUT2D eigenvalue weighted by Gasteiger charge is -2.04. The zero-order valence-electron chi connectivity index (χ0n) is 11.2. The molecule has 0 saturated carbocycles. The third-order valence-corrected chi connectivity index (χ3v) is 2.28. The van der Waals surface area contributed by atoms with E-state index in [1.165, 1.54) is 0 Å². The summed E-state index contributed by atoms with van der Waals surface area (Å²) >= 11 is 0. The number of hydrogen-bond donors (Lipinski definition) is 0. The van der Waals surface area contributed by atoms with Crippen LogP contribution in [-0.4, -0.2) is 30.9 Å². The third kappa shape index (κ3) is 8.73. The smallest absolute Gasteiger partial charge is 0.374 e. The number of hydrogen-bond acceptors (Lipinski definition) is 5. The minimum Gasteiger partial charge on any atom is -0.466 e. The number of ether oxygens (including phenoxy) is 2. The number of carbonyl (C=O) groups is 3. The molecule has 5 nitrogen and oxygen atoms in total. The summed E-state index contributed by atoms with van der Waals surface area (Å²) in [7, 11) is 0. The fourth-order valence-electron chi connectivity index (χ4n) is 1.11. The van der Waals surface area contributed by atoms with E-state index in [0.717, 1.165) is 25.7 Å². The van der Waals surface area contributed by atoms with Crippen LogP contribution in [0.5, 0.6) is 0 Å². The van der Waals surface area contributed by atoms with E-state index in [1.807, 2.05) is 13.8 Å². The van der Waals surface area contributed by atoms with Crippen molar-refractivity contribution < 1.29 is 23.9 Å². The third-order valence-electron chi connectivity index (χ3n) is 2.28. The maximum atomic E-state index is 11.3. The molecule has 0 aliphatic carbocycles. The second-order valence-electron chi connectivity index (χ2n) is 3.99. The summed E-state index contributed by atoms with van der Waals surface area (Å²) < 4.78 is 9.60. The van der Waals surface area contributed by atoms with Gasteiger partial charge in [-0.3, -0.25) is 9.59 Å². The van der Waals surface area contributed by atoms with Gasteiger partial charge in [0.1, 0.15) is 0 Å². The molecule has 0 spiro atoms. The highest BCUT2D eigenvalue weighted by Crippen LogP contribution is 1.99. The topological polar surface area (TPSA) is 69.7 Å². The Hall–Kier alpha value is -1.39. The van der Waals surface area contributed by atoms with E-state index in [-0.39, 0.29) is 19.4 Å². The highest BCUT2D eigenvalue weighted by Gasteiger charge is 2.17. The second kappa shape index (κ2) is 10.7. The second-order valence-corrected chi connectivity index (χ2v) is 3.99. The normalized spacial score (nSPS) is 9.89. The molecule has 5 heteroatoms. The Balaban J connectivity index is 3.68. The average Bonchev–Trinajstić information content (AvgIpc) is 2.36. The lowest BCUT2D eigenvalue weighted by Crippen LogP contribution is -2.19. The largest absolute Gasteiger partial charge is 0.466 e. The molecule has 0 bridgehead atoms. The van der Waals surface area contributed by atoms with Gasteiger partial charge in [0.2, 0.25) is 5.78 Å². The Labute approximate surface area is 108 Å². The van der Waals surface area contributed by atoms with Crippen LogP contribution in [0.4, 0.5) is 0 Å². The van der Waals surface area contributed by atoms with Crippen molar-refractivity contribution in [3.8, 4) is 0 Å². The number of unbranched alkanes of at least 4 members (excludes halogenated alkanes) is 2. The van der Waals surface area contributed by atoms with Crippen LogP contribution in [0.15, 0.2) is 0 Å². The molecule has 0 aliphatic heterocycles. The van der Waals surface area contributed by atoms with E-state index < -0.39 is 17.7 Å². The van der Waals surface area contributed by atoms with Crippen LogP contribution in [0.25, 0.3) is 0 Å². The Morgan fingerprint density at radius 3 is 1.94 bits per heavy atom. The highest BCUT2D eigenvalue weighted by molar-refractivity contribution is 6.33. The van der Waals surface area contributed by atoms with Gasteiger partial charge in [0, 0.05) is 6.42 Å². The molecule has 0 unspecified atom stereocenters. The average molecular weight is 258 g/mol. The molecule has 0 aliphatic rings. The van der Waals surface area contributed by atoms with E-state index in [0.29, 0.717) is 6.61 Å². The van der Waals surface area contributed by atoms with Gasteiger partial charge in [-0.1, -0.05) is 26.7 Å². The monoisotopic (exact) mass is 258 g/mol. The maximum Gasteiger partial charge on any atom is 0.374 e. The summed E-state index contributed by atoms with van der Waals surface area (Å²) in [6, 6.07) is 0. The van der Waals surface area contributed by atoms with Crippen LogP contribution in [0, 0.1) is 0 Å². The molecule has 0 atom stereocenters. The Morgan fingerprint density at radius 1 is 0.833 bits per heavy atom. The fraction of sp³-hybridized carbons (Fsp3) is 0.769. The van der Waals surface area contributed by atoms with Gasteiger partial charge in [0.05, 0.1) is 19.6 Å². The van der Waals surface area contributed by atoms with Gasteiger partial charge in [-0.25, -0.2) is 4.79 Å². The number of ketones is 1. The van der Waals surface area contributed by atoms with Crippen molar-refractivity contribution >= 4 is 17.7 Å². The first kappa shape index (κ1) is 16.6. The molecule has 0 N–H and O–H groups in total. The lowest BCUT2D eigenvalue weighted by molar-refractivity contribution is -0.154. The van der Waals surface area contributed by atoms with E-state index in [9.17, 15) is 14.4 Å². The van der Waals surface area contributed by atoms with Gasteiger partial charge in [-0.2, -0.15) is 0 Å². The zero-order chi connectivity index (χ0) is 13.8. The molecule has 0 amide bonds. The molecule has 104 valence electrons. The molecule has 0 aromatic carbocycles. The van der Waals surface area contributed by atoms with Crippen molar-refractivity contribution in [2.45, 2.75) is 52.4 Å². The molecule has 0 rings (SSSR count). The fourth-order valence-corrected chi connectivity index (χ4v) is 1.11. The predicted octanol–water partition coefficient (Wildman–Crippen LogP) is 2.02. The predicted molar refractivity (Wildman–Crippen MR) is 66.0 cm³/mol. The lowest BCUT2D eigenvalue weighted by atomic mass is 10.2. The number of esters is 2. The minimum absolute atomic E-state index is 0.0641. The zero-order valence-corrected chi connectivity index (χ0v) is 11.2. The summed E-state index contributed by atoms with van der Waals surface area (Å²) in [6.45, 7) is 4.57. The SMILES string of the molecule is CCCCOC(=O)CCC(=O)C(=O)OCCCC. The van der Waals surface area contributed by atoms with Crippen LogP contribution in [0.2, 0.25) is 0 Å². The summed E-state index contributed by atoms with van der Waals surface area (Å²) in [6.07, 6.45) is 3.17. The Morgan fingerprint density at radius 2 is 1.39 bits per heavy atom. The van der Waals surface area contributed by atoms with Gasteiger partial charge in [0.25, 0.3) is 0 Å². The first-order valence-electron chi connectivity index (χ1n) is 6.47. The van der Waals surface area contributed by atoms with Crippen LogP contribution in [-0.2, 0) is 23.9 Å². The Bertz CT molecular complexity index is 273. The summed E-state index contributed by atoms with van der Waals surface area (Å²) in [5.41, 5.74) is 0. The molecule has 18 heavy (non-hydrogen) atoms. The van der Waals surface area contributed by atoms with Crippen LogP contribution >= 0.6 is 0 Å². The van der Waals surface area contributed by atoms with E-state index in [1.54, 1.807) is 0 Å². The highest BCUT2D eigenvalue weighted by atomic mass is 16.5. The molecular weight excluding hydrogens is 236 g/mol. The molecule has 0 radical (unpaired) electrons. The molecule has 0 fully saturated rings. The van der Waals surface area contributed by atoms with Crippen LogP contribution in [0.3, 0.4) is 0 Å². The van der Waals surface area contributed by atoms with Crippen molar-refractivity contribution in [1.82, 2.24) is 0 Å². The van der Waals surface area contributed by atoms with Gasteiger partial charge >= 0.3 is 11.9 Å². The van der Waals surface area contributed by atoms with Gasteiger partial charge in [-0.15, -0.1) is 0 Å². The van der Waals surface area contributed by atoms with Crippen molar-refractivity contribution in [1.29, 1.82) is 0 Å². The standard InChI is InChI=1S/C13H22O5/c1-3-5-9-17-12(15)8-7-11(14)13(16)18-10-6-4-2/h3-10H2,1-2H3. The molecule has 0 aromatic heterocycles. The van der Waals surface area contributed by atoms with E-state index in [4.69, 9.17) is 9.47 Å². The summed E-state index contributed by atoms with van der Waals surface area (Å²) in [5.74, 6) is -1.97. The first-order valence-corrected chi connectivity index (χ1v) is 6.47. The number of carbonyl (C=O) groups excluding carboxylic acids is 3. The maximum absolute atomic E-state index is 11.3. The quantitative estimate of drug-likeness (QED) is 0.340. The van der Waals surface area contributed by atoms with Crippen LogP contribution < -0.4 is 0 Å².